The second-order valence-corrected chi connectivity index (χ2v) is 8.14. The van der Waals surface area contributed by atoms with Crippen LogP contribution < -0.4 is 4.90 Å². The van der Waals surface area contributed by atoms with Gasteiger partial charge in [0.1, 0.15) is 5.92 Å². The first-order valence-corrected chi connectivity index (χ1v) is 10.9. The second-order valence-electron chi connectivity index (χ2n) is 8.14. The minimum atomic E-state index is -0.979. The Morgan fingerprint density at radius 2 is 1.24 bits per heavy atom. The van der Waals surface area contributed by atoms with Gasteiger partial charge in [0.15, 0.2) is 0 Å². The van der Waals surface area contributed by atoms with Crippen LogP contribution in [0.4, 0.5) is 10.5 Å². The van der Waals surface area contributed by atoms with Crippen molar-refractivity contribution in [2.75, 3.05) is 4.90 Å². The monoisotopic (exact) mass is 434 g/mol. The van der Waals surface area contributed by atoms with Gasteiger partial charge in [0.05, 0.1) is 12.2 Å². The van der Waals surface area contributed by atoms with Gasteiger partial charge in [0.25, 0.3) is 0 Å². The number of rotatable bonds is 5. The number of fused-ring (bicyclic) bond motifs is 1. The van der Waals surface area contributed by atoms with Crippen LogP contribution in [-0.2, 0) is 22.6 Å². The summed E-state index contributed by atoms with van der Waals surface area (Å²) in [4.78, 5) is 42.6. The maximum absolute atomic E-state index is 13.5. The lowest BCUT2D eigenvalue weighted by atomic mass is 9.93. The third-order valence-corrected chi connectivity index (χ3v) is 5.96. The highest BCUT2D eigenvalue weighted by molar-refractivity contribution is 6.27. The number of hydrogen-bond acceptors (Lipinski definition) is 3. The molecule has 0 N–H and O–H groups in total. The average Bonchev–Trinajstić information content (AvgIpc) is 2.86. The molecule has 1 fully saturated rings. The van der Waals surface area contributed by atoms with Crippen LogP contribution in [0.3, 0.4) is 0 Å². The Hall–Kier alpha value is -4.25. The van der Waals surface area contributed by atoms with Crippen LogP contribution in [-0.4, -0.2) is 22.7 Å². The highest BCUT2D eigenvalue weighted by Gasteiger charge is 2.46. The van der Waals surface area contributed by atoms with E-state index in [1.165, 1.54) is 4.90 Å². The van der Waals surface area contributed by atoms with Crippen LogP contribution in [0.1, 0.15) is 11.1 Å². The number of urea groups is 1. The quantitative estimate of drug-likeness (QED) is 0.406. The summed E-state index contributed by atoms with van der Waals surface area (Å²) in [6.07, 6.45) is 0.227. The number of carbonyl (C=O) groups is 3. The summed E-state index contributed by atoms with van der Waals surface area (Å²) in [5.41, 5.74) is 2.16. The topological polar surface area (TPSA) is 57.7 Å². The predicted octanol–water partition coefficient (Wildman–Crippen LogP) is 5.19. The Kier molecular flexibility index (Phi) is 5.45. The molecule has 5 nitrogen and oxygen atoms in total. The summed E-state index contributed by atoms with van der Waals surface area (Å²) < 4.78 is 0. The van der Waals surface area contributed by atoms with Crippen molar-refractivity contribution in [1.29, 1.82) is 0 Å². The molecular formula is C28H22N2O3. The number of anilines is 1. The molecule has 1 atom stereocenters. The Bertz CT molecular complexity index is 1340. The van der Waals surface area contributed by atoms with E-state index < -0.39 is 23.8 Å². The number of para-hydroxylation sites is 1. The summed E-state index contributed by atoms with van der Waals surface area (Å²) in [7, 11) is 0. The minimum Gasteiger partial charge on any atom is -0.273 e. The van der Waals surface area contributed by atoms with Crippen molar-refractivity contribution in [1.82, 2.24) is 4.90 Å². The number of barbiturate groups is 1. The lowest BCUT2D eigenvalue weighted by molar-refractivity contribution is -0.141. The van der Waals surface area contributed by atoms with Crippen molar-refractivity contribution in [3.05, 3.63) is 114 Å². The Morgan fingerprint density at radius 3 is 1.97 bits per heavy atom. The van der Waals surface area contributed by atoms with Gasteiger partial charge in [-0.3, -0.25) is 14.5 Å². The number of nitrogens with zero attached hydrogens (tertiary/aromatic N) is 2. The molecule has 33 heavy (non-hydrogen) atoms. The van der Waals surface area contributed by atoms with Crippen LogP contribution in [0, 0.1) is 5.92 Å². The first kappa shape index (κ1) is 20.6. The van der Waals surface area contributed by atoms with Gasteiger partial charge in [-0.25, -0.2) is 9.69 Å². The molecule has 4 aromatic carbocycles. The van der Waals surface area contributed by atoms with Crippen LogP contribution in [0.5, 0.6) is 0 Å². The zero-order valence-electron chi connectivity index (χ0n) is 17.9. The van der Waals surface area contributed by atoms with Crippen molar-refractivity contribution < 1.29 is 14.4 Å². The lowest BCUT2D eigenvalue weighted by Gasteiger charge is -2.37. The summed E-state index contributed by atoms with van der Waals surface area (Å²) in [5.74, 6) is -1.93. The van der Waals surface area contributed by atoms with Gasteiger partial charge in [-0.15, -0.1) is 0 Å². The van der Waals surface area contributed by atoms with Crippen molar-refractivity contribution in [2.45, 2.75) is 13.0 Å². The van der Waals surface area contributed by atoms with E-state index in [4.69, 9.17) is 0 Å². The highest BCUT2D eigenvalue weighted by atomic mass is 16.2. The minimum absolute atomic E-state index is 0.114. The van der Waals surface area contributed by atoms with Gasteiger partial charge < -0.3 is 0 Å². The standard InChI is InChI=1S/C28H22N2O3/c31-26-25(18-21-15-16-22-11-7-8-12-23(22)17-21)27(32)30(24-13-5-2-6-14-24)28(33)29(26)19-20-9-3-1-4-10-20/h1-17,25H,18-19H2. The SMILES string of the molecule is O=C1C(Cc2ccc3ccccc3c2)C(=O)N(c2ccccc2)C(=O)N1Cc1ccccc1. The molecule has 1 heterocycles. The molecule has 4 aromatic rings. The summed E-state index contributed by atoms with van der Waals surface area (Å²) >= 11 is 0. The molecule has 1 saturated heterocycles. The molecule has 0 spiro atoms. The third-order valence-electron chi connectivity index (χ3n) is 5.96. The zero-order valence-corrected chi connectivity index (χ0v) is 17.9. The number of carbonyl (C=O) groups excluding carboxylic acids is 3. The summed E-state index contributed by atoms with van der Waals surface area (Å²) in [5, 5.41) is 2.14. The molecule has 0 radical (unpaired) electrons. The van der Waals surface area contributed by atoms with Crippen molar-refractivity contribution >= 4 is 34.3 Å². The molecule has 1 unspecified atom stereocenters. The van der Waals surface area contributed by atoms with E-state index in [1.807, 2.05) is 78.9 Å². The van der Waals surface area contributed by atoms with Gasteiger partial charge >= 0.3 is 6.03 Å². The fourth-order valence-electron chi connectivity index (χ4n) is 4.26. The molecule has 0 aromatic heterocycles. The van der Waals surface area contributed by atoms with Gasteiger partial charge in [0.2, 0.25) is 11.8 Å². The Labute approximate surface area is 191 Å². The van der Waals surface area contributed by atoms with E-state index in [-0.39, 0.29) is 13.0 Å². The Balaban J connectivity index is 1.52. The van der Waals surface area contributed by atoms with Gasteiger partial charge in [0, 0.05) is 0 Å². The molecule has 0 aliphatic carbocycles. The smallest absolute Gasteiger partial charge is 0.273 e. The maximum atomic E-state index is 13.5. The lowest BCUT2D eigenvalue weighted by Crippen LogP contribution is -2.60. The molecule has 1 aliphatic heterocycles. The van der Waals surface area contributed by atoms with Gasteiger partial charge in [-0.05, 0) is 40.5 Å². The van der Waals surface area contributed by atoms with E-state index in [0.29, 0.717) is 5.69 Å². The molecule has 1 aliphatic rings. The van der Waals surface area contributed by atoms with Crippen molar-refractivity contribution in [2.24, 2.45) is 5.92 Å². The van der Waals surface area contributed by atoms with Crippen LogP contribution in [0.2, 0.25) is 0 Å². The molecule has 0 bridgehead atoms. The van der Waals surface area contributed by atoms with Crippen molar-refractivity contribution in [3.63, 3.8) is 0 Å². The van der Waals surface area contributed by atoms with E-state index in [9.17, 15) is 14.4 Å². The first-order valence-electron chi connectivity index (χ1n) is 10.9. The van der Waals surface area contributed by atoms with E-state index in [1.54, 1.807) is 24.3 Å². The summed E-state index contributed by atoms with van der Waals surface area (Å²) in [6, 6.07) is 31.4. The van der Waals surface area contributed by atoms with E-state index in [0.717, 1.165) is 26.8 Å². The molecule has 4 amide bonds. The highest BCUT2D eigenvalue weighted by Crippen LogP contribution is 2.29. The summed E-state index contributed by atoms with van der Waals surface area (Å²) in [6.45, 7) is 0.114. The molecule has 0 saturated carbocycles. The van der Waals surface area contributed by atoms with Gasteiger partial charge in [-0.2, -0.15) is 0 Å². The average molecular weight is 434 g/mol. The Morgan fingerprint density at radius 1 is 0.606 bits per heavy atom. The number of imide groups is 2. The zero-order chi connectivity index (χ0) is 22.8. The molecule has 5 heteroatoms. The number of benzene rings is 4. The maximum Gasteiger partial charge on any atom is 0.338 e. The molecular weight excluding hydrogens is 412 g/mol. The van der Waals surface area contributed by atoms with Crippen LogP contribution in [0.15, 0.2) is 103 Å². The van der Waals surface area contributed by atoms with Crippen LogP contribution >= 0.6 is 0 Å². The second kappa shape index (κ2) is 8.71. The fraction of sp³-hybridized carbons (Fsp3) is 0.107. The van der Waals surface area contributed by atoms with E-state index >= 15 is 0 Å². The van der Waals surface area contributed by atoms with Crippen molar-refractivity contribution in [3.8, 4) is 0 Å². The predicted molar refractivity (Wildman–Crippen MR) is 127 cm³/mol. The van der Waals surface area contributed by atoms with Gasteiger partial charge in [-0.1, -0.05) is 91.0 Å². The largest absolute Gasteiger partial charge is 0.338 e. The fourth-order valence-corrected chi connectivity index (χ4v) is 4.26. The number of hydrogen-bond donors (Lipinski definition) is 0. The number of amides is 4. The molecule has 5 rings (SSSR count). The molecule has 162 valence electrons. The third kappa shape index (κ3) is 4.01. The normalized spacial score (nSPS) is 16.5. The van der Waals surface area contributed by atoms with E-state index in [2.05, 4.69) is 0 Å². The van der Waals surface area contributed by atoms with Crippen LogP contribution in [0.25, 0.3) is 10.8 Å². The first-order chi connectivity index (χ1) is 16.1.